The maximum Gasteiger partial charge on any atom is 0.104 e. The molecule has 1 aromatic rings. The Bertz CT molecular complexity index is 446. The number of rotatable bonds is 9. The van der Waals surface area contributed by atoms with Crippen LogP contribution in [-0.4, -0.2) is 39.1 Å². The highest BCUT2D eigenvalue weighted by molar-refractivity contribution is 5.22. The van der Waals surface area contributed by atoms with Crippen molar-refractivity contribution in [2.24, 2.45) is 5.41 Å². The Kier molecular flexibility index (Phi) is 4.91. The summed E-state index contributed by atoms with van der Waals surface area (Å²) in [6.45, 7) is 7.48. The van der Waals surface area contributed by atoms with Crippen molar-refractivity contribution in [2.75, 3.05) is 33.0 Å². The average molecular weight is 292 g/mol. The van der Waals surface area contributed by atoms with Crippen molar-refractivity contribution >= 4 is 0 Å². The summed E-state index contributed by atoms with van der Waals surface area (Å²) in [6, 6.07) is 8.41. The van der Waals surface area contributed by atoms with E-state index in [9.17, 15) is 0 Å². The molecule has 2 fully saturated rings. The molecule has 21 heavy (non-hydrogen) atoms. The molecule has 2 saturated heterocycles. The van der Waals surface area contributed by atoms with Crippen molar-refractivity contribution in [3.63, 3.8) is 0 Å². The van der Waals surface area contributed by atoms with Gasteiger partial charge in [0.25, 0.3) is 0 Å². The Morgan fingerprint density at radius 2 is 1.90 bits per heavy atom. The summed E-state index contributed by atoms with van der Waals surface area (Å²) >= 11 is 0. The predicted octanol–water partition coefficient (Wildman–Crippen LogP) is 2.55. The van der Waals surface area contributed by atoms with Gasteiger partial charge in [-0.15, -0.1) is 0 Å². The van der Waals surface area contributed by atoms with Crippen molar-refractivity contribution in [3.05, 3.63) is 35.4 Å². The second-order valence-corrected chi connectivity index (χ2v) is 6.13. The number of epoxide rings is 1. The van der Waals surface area contributed by atoms with Crippen molar-refractivity contribution in [1.82, 2.24) is 0 Å². The van der Waals surface area contributed by atoms with Crippen LogP contribution in [0.25, 0.3) is 0 Å². The molecule has 116 valence electrons. The molecule has 1 atom stereocenters. The van der Waals surface area contributed by atoms with Gasteiger partial charge in [-0.2, -0.15) is 0 Å². The number of hydrogen-bond donors (Lipinski definition) is 0. The van der Waals surface area contributed by atoms with E-state index in [1.165, 1.54) is 11.1 Å². The molecule has 0 spiro atoms. The van der Waals surface area contributed by atoms with E-state index in [1.54, 1.807) is 0 Å². The lowest BCUT2D eigenvalue weighted by Gasteiger charge is -2.40. The van der Waals surface area contributed by atoms with E-state index in [0.717, 1.165) is 32.8 Å². The Labute approximate surface area is 126 Å². The van der Waals surface area contributed by atoms with Gasteiger partial charge in [0.05, 0.1) is 46.2 Å². The quantitative estimate of drug-likeness (QED) is 0.656. The largest absolute Gasteiger partial charge is 0.380 e. The second-order valence-electron chi connectivity index (χ2n) is 6.13. The van der Waals surface area contributed by atoms with Crippen LogP contribution in [0.15, 0.2) is 24.3 Å². The minimum atomic E-state index is 0.255. The van der Waals surface area contributed by atoms with E-state index in [2.05, 4.69) is 31.2 Å². The third-order valence-corrected chi connectivity index (χ3v) is 4.21. The molecule has 0 saturated carbocycles. The van der Waals surface area contributed by atoms with Gasteiger partial charge in [0.2, 0.25) is 0 Å². The highest BCUT2D eigenvalue weighted by Crippen LogP contribution is 2.31. The zero-order chi connectivity index (χ0) is 14.5. The fourth-order valence-electron chi connectivity index (χ4n) is 2.45. The molecule has 4 nitrogen and oxygen atoms in total. The summed E-state index contributed by atoms with van der Waals surface area (Å²) in [6.07, 6.45) is 1.44. The van der Waals surface area contributed by atoms with Crippen LogP contribution in [0.3, 0.4) is 0 Å². The lowest BCUT2D eigenvalue weighted by molar-refractivity contribution is -0.152. The normalized spacial score (nSPS) is 22.8. The molecule has 0 aromatic heterocycles. The molecule has 1 unspecified atom stereocenters. The number of ether oxygens (including phenoxy) is 4. The lowest BCUT2D eigenvalue weighted by Crippen LogP contribution is -2.45. The van der Waals surface area contributed by atoms with Gasteiger partial charge in [-0.25, -0.2) is 0 Å². The maximum absolute atomic E-state index is 5.88. The van der Waals surface area contributed by atoms with Gasteiger partial charge in [-0.05, 0) is 17.5 Å². The van der Waals surface area contributed by atoms with E-state index in [-0.39, 0.29) is 5.41 Å². The van der Waals surface area contributed by atoms with Gasteiger partial charge in [-0.3, -0.25) is 0 Å². The number of hydrogen-bond acceptors (Lipinski definition) is 4. The van der Waals surface area contributed by atoms with Crippen LogP contribution < -0.4 is 0 Å². The minimum absolute atomic E-state index is 0.255. The van der Waals surface area contributed by atoms with Crippen LogP contribution in [0.1, 0.15) is 24.5 Å². The van der Waals surface area contributed by atoms with E-state index in [1.807, 2.05) is 0 Å². The zero-order valence-corrected chi connectivity index (χ0v) is 12.7. The van der Waals surface area contributed by atoms with Gasteiger partial charge in [0.1, 0.15) is 6.10 Å². The standard InChI is InChI=1S/C17H24O4/c1-2-17(12-20-13-17)11-19-8-15-5-3-4-14(6-15)7-18-9-16-10-21-16/h3-6,16H,2,7-13H2,1H3. The summed E-state index contributed by atoms with van der Waals surface area (Å²) in [5.74, 6) is 0. The lowest BCUT2D eigenvalue weighted by atomic mass is 9.84. The van der Waals surface area contributed by atoms with Gasteiger partial charge in [0, 0.05) is 5.41 Å². The van der Waals surface area contributed by atoms with Crippen LogP contribution in [0.5, 0.6) is 0 Å². The van der Waals surface area contributed by atoms with E-state index < -0.39 is 0 Å². The van der Waals surface area contributed by atoms with Gasteiger partial charge < -0.3 is 18.9 Å². The molecule has 0 aliphatic carbocycles. The third kappa shape index (κ3) is 4.27. The summed E-state index contributed by atoms with van der Waals surface area (Å²) in [5, 5.41) is 0. The highest BCUT2D eigenvalue weighted by atomic mass is 16.6. The Hall–Kier alpha value is -0.940. The fraction of sp³-hybridized carbons (Fsp3) is 0.647. The third-order valence-electron chi connectivity index (χ3n) is 4.21. The smallest absolute Gasteiger partial charge is 0.104 e. The SMILES string of the molecule is CCC1(COCc2cccc(COCC3CO3)c2)COC1. The first-order valence-corrected chi connectivity index (χ1v) is 7.72. The Morgan fingerprint density at radius 3 is 2.48 bits per heavy atom. The minimum Gasteiger partial charge on any atom is -0.380 e. The topological polar surface area (TPSA) is 40.2 Å². The van der Waals surface area contributed by atoms with Crippen LogP contribution in [0.2, 0.25) is 0 Å². The molecule has 0 radical (unpaired) electrons. The first-order valence-electron chi connectivity index (χ1n) is 7.72. The van der Waals surface area contributed by atoms with Crippen molar-refractivity contribution in [1.29, 1.82) is 0 Å². The molecular formula is C17H24O4. The van der Waals surface area contributed by atoms with E-state index in [4.69, 9.17) is 18.9 Å². The highest BCUT2D eigenvalue weighted by Gasteiger charge is 2.36. The molecule has 2 aliphatic heterocycles. The van der Waals surface area contributed by atoms with Crippen molar-refractivity contribution < 1.29 is 18.9 Å². The second kappa shape index (κ2) is 6.88. The molecule has 0 bridgehead atoms. The molecule has 0 amide bonds. The number of benzene rings is 1. The molecule has 0 N–H and O–H groups in total. The molecular weight excluding hydrogens is 268 g/mol. The van der Waals surface area contributed by atoms with Crippen LogP contribution >= 0.6 is 0 Å². The molecule has 2 heterocycles. The maximum atomic E-state index is 5.88. The summed E-state index contributed by atoms with van der Waals surface area (Å²) in [4.78, 5) is 0. The Morgan fingerprint density at radius 1 is 1.19 bits per heavy atom. The van der Waals surface area contributed by atoms with Gasteiger partial charge in [-0.1, -0.05) is 31.2 Å². The van der Waals surface area contributed by atoms with Gasteiger partial charge in [0.15, 0.2) is 0 Å². The summed E-state index contributed by atoms with van der Waals surface area (Å²) in [5.41, 5.74) is 2.64. The molecule has 3 rings (SSSR count). The molecule has 4 heteroatoms. The van der Waals surface area contributed by atoms with Crippen molar-refractivity contribution in [3.8, 4) is 0 Å². The zero-order valence-electron chi connectivity index (χ0n) is 12.7. The first-order chi connectivity index (χ1) is 10.3. The van der Waals surface area contributed by atoms with Crippen molar-refractivity contribution in [2.45, 2.75) is 32.7 Å². The Balaban J connectivity index is 1.41. The molecule has 1 aromatic carbocycles. The van der Waals surface area contributed by atoms with Crippen LogP contribution in [0, 0.1) is 5.41 Å². The monoisotopic (exact) mass is 292 g/mol. The predicted molar refractivity (Wildman–Crippen MR) is 79.0 cm³/mol. The van der Waals surface area contributed by atoms with Crippen LogP contribution in [-0.2, 0) is 32.2 Å². The fourth-order valence-corrected chi connectivity index (χ4v) is 2.45. The average Bonchev–Trinajstić information content (AvgIpc) is 3.27. The van der Waals surface area contributed by atoms with Crippen LogP contribution in [0.4, 0.5) is 0 Å². The summed E-state index contributed by atoms with van der Waals surface area (Å²) < 4.78 is 21.9. The molecule has 2 aliphatic rings. The van der Waals surface area contributed by atoms with Gasteiger partial charge >= 0.3 is 0 Å². The first kappa shape index (κ1) is 15.0. The van der Waals surface area contributed by atoms with E-state index in [0.29, 0.717) is 25.9 Å². The summed E-state index contributed by atoms with van der Waals surface area (Å²) in [7, 11) is 0. The van der Waals surface area contributed by atoms with E-state index >= 15 is 0 Å².